The molecule has 2 aromatic carbocycles. The molecule has 0 saturated carbocycles. The highest BCUT2D eigenvalue weighted by atomic mass is 16.5. The fourth-order valence-electron chi connectivity index (χ4n) is 2.13. The molecule has 0 amide bonds. The van der Waals surface area contributed by atoms with Crippen LogP contribution in [0.15, 0.2) is 36.4 Å². The molecule has 0 aliphatic rings. The van der Waals surface area contributed by atoms with Gasteiger partial charge in [-0.1, -0.05) is 12.1 Å². The number of aryl methyl sites for hydroxylation is 2. The molecule has 0 spiro atoms. The van der Waals surface area contributed by atoms with Crippen LogP contribution in [-0.2, 0) is 0 Å². The SMILES string of the molecule is COc1ccc(-c2ccc(OC)cc2C)c(C)c1. The summed E-state index contributed by atoms with van der Waals surface area (Å²) in [5, 5.41) is 0. The lowest BCUT2D eigenvalue weighted by Gasteiger charge is -2.12. The topological polar surface area (TPSA) is 18.5 Å². The minimum Gasteiger partial charge on any atom is -0.497 e. The first-order chi connectivity index (χ1) is 8.65. The predicted molar refractivity (Wildman–Crippen MR) is 74.5 cm³/mol. The minimum absolute atomic E-state index is 0.891. The van der Waals surface area contributed by atoms with Crippen molar-refractivity contribution < 1.29 is 9.47 Å². The van der Waals surface area contributed by atoms with Crippen LogP contribution >= 0.6 is 0 Å². The van der Waals surface area contributed by atoms with Crippen molar-refractivity contribution in [3.05, 3.63) is 47.5 Å². The summed E-state index contributed by atoms with van der Waals surface area (Å²) >= 11 is 0. The molecule has 0 aromatic heterocycles. The minimum atomic E-state index is 0.891. The first kappa shape index (κ1) is 12.5. The van der Waals surface area contributed by atoms with Crippen LogP contribution in [0.4, 0.5) is 0 Å². The normalized spacial score (nSPS) is 10.2. The van der Waals surface area contributed by atoms with Crippen molar-refractivity contribution in [3.63, 3.8) is 0 Å². The van der Waals surface area contributed by atoms with Crippen LogP contribution in [0.5, 0.6) is 11.5 Å². The summed E-state index contributed by atoms with van der Waals surface area (Å²) in [4.78, 5) is 0. The third-order valence-corrected chi connectivity index (χ3v) is 3.16. The number of hydrogen-bond donors (Lipinski definition) is 0. The summed E-state index contributed by atoms with van der Waals surface area (Å²) < 4.78 is 10.5. The summed E-state index contributed by atoms with van der Waals surface area (Å²) in [5.41, 5.74) is 4.89. The van der Waals surface area contributed by atoms with Crippen molar-refractivity contribution >= 4 is 0 Å². The van der Waals surface area contributed by atoms with Crippen molar-refractivity contribution in [2.75, 3.05) is 14.2 Å². The third kappa shape index (κ3) is 2.33. The van der Waals surface area contributed by atoms with Crippen LogP contribution in [0.2, 0.25) is 0 Å². The number of methoxy groups -OCH3 is 2. The van der Waals surface area contributed by atoms with Gasteiger partial charge in [-0.3, -0.25) is 0 Å². The molecule has 0 heterocycles. The van der Waals surface area contributed by atoms with E-state index in [9.17, 15) is 0 Å². The maximum absolute atomic E-state index is 5.23. The van der Waals surface area contributed by atoms with Gasteiger partial charge in [0.25, 0.3) is 0 Å². The molecule has 0 radical (unpaired) electrons. The van der Waals surface area contributed by atoms with Gasteiger partial charge in [0, 0.05) is 0 Å². The molecule has 2 nitrogen and oxygen atoms in total. The van der Waals surface area contributed by atoms with Gasteiger partial charge < -0.3 is 9.47 Å². The van der Waals surface area contributed by atoms with Gasteiger partial charge in [-0.15, -0.1) is 0 Å². The Morgan fingerprint density at radius 2 is 1.06 bits per heavy atom. The Morgan fingerprint density at radius 1 is 0.667 bits per heavy atom. The largest absolute Gasteiger partial charge is 0.497 e. The smallest absolute Gasteiger partial charge is 0.119 e. The quantitative estimate of drug-likeness (QED) is 0.810. The van der Waals surface area contributed by atoms with Crippen molar-refractivity contribution in [2.24, 2.45) is 0 Å². The van der Waals surface area contributed by atoms with E-state index in [1.807, 2.05) is 12.1 Å². The molecule has 0 N–H and O–H groups in total. The number of hydrogen-bond acceptors (Lipinski definition) is 2. The Bertz CT molecular complexity index is 508. The van der Waals surface area contributed by atoms with Crippen LogP contribution in [0.25, 0.3) is 11.1 Å². The highest BCUT2D eigenvalue weighted by Crippen LogP contribution is 2.31. The van der Waals surface area contributed by atoms with Crippen LogP contribution in [-0.4, -0.2) is 14.2 Å². The number of benzene rings is 2. The Morgan fingerprint density at radius 3 is 1.33 bits per heavy atom. The number of ether oxygens (including phenoxy) is 2. The Kier molecular flexibility index (Phi) is 3.56. The molecule has 0 unspecified atom stereocenters. The lowest BCUT2D eigenvalue weighted by Crippen LogP contribution is -1.91. The van der Waals surface area contributed by atoms with Gasteiger partial charge in [0.1, 0.15) is 11.5 Å². The fourth-order valence-corrected chi connectivity index (χ4v) is 2.13. The summed E-state index contributed by atoms with van der Waals surface area (Å²) in [5.74, 6) is 1.78. The standard InChI is InChI=1S/C16H18O2/c1-11-9-13(17-3)5-7-15(11)16-8-6-14(18-4)10-12(16)2/h5-10H,1-4H3. The molecular weight excluding hydrogens is 224 g/mol. The molecule has 0 fully saturated rings. The van der Waals surface area contributed by atoms with Crippen molar-refractivity contribution in [2.45, 2.75) is 13.8 Å². The van der Waals surface area contributed by atoms with E-state index < -0.39 is 0 Å². The van der Waals surface area contributed by atoms with E-state index in [-0.39, 0.29) is 0 Å². The molecule has 94 valence electrons. The summed E-state index contributed by atoms with van der Waals surface area (Å²) in [6.45, 7) is 4.20. The monoisotopic (exact) mass is 242 g/mol. The zero-order valence-corrected chi connectivity index (χ0v) is 11.3. The molecule has 0 bridgehead atoms. The maximum atomic E-state index is 5.23. The Labute approximate surface area is 108 Å². The molecule has 18 heavy (non-hydrogen) atoms. The molecule has 2 rings (SSSR count). The predicted octanol–water partition coefficient (Wildman–Crippen LogP) is 3.99. The second-order valence-corrected chi connectivity index (χ2v) is 4.36. The average molecular weight is 242 g/mol. The third-order valence-electron chi connectivity index (χ3n) is 3.16. The molecular formula is C16H18O2. The lowest BCUT2D eigenvalue weighted by atomic mass is 9.96. The van der Waals surface area contributed by atoms with E-state index in [1.165, 1.54) is 22.3 Å². The van der Waals surface area contributed by atoms with Gasteiger partial charge in [-0.25, -0.2) is 0 Å². The molecule has 0 saturated heterocycles. The Balaban J connectivity index is 2.48. The molecule has 0 atom stereocenters. The van der Waals surface area contributed by atoms with Gasteiger partial charge in [0.05, 0.1) is 14.2 Å². The van der Waals surface area contributed by atoms with Gasteiger partial charge >= 0.3 is 0 Å². The second-order valence-electron chi connectivity index (χ2n) is 4.36. The first-order valence-corrected chi connectivity index (χ1v) is 5.95. The van der Waals surface area contributed by atoms with Crippen LogP contribution in [0.1, 0.15) is 11.1 Å². The zero-order valence-electron chi connectivity index (χ0n) is 11.3. The van der Waals surface area contributed by atoms with Crippen LogP contribution in [0, 0.1) is 13.8 Å². The summed E-state index contributed by atoms with van der Waals surface area (Å²) in [6, 6.07) is 12.3. The van der Waals surface area contributed by atoms with E-state index in [1.54, 1.807) is 14.2 Å². The van der Waals surface area contributed by atoms with Gasteiger partial charge in [-0.2, -0.15) is 0 Å². The average Bonchev–Trinajstić information content (AvgIpc) is 2.39. The molecule has 2 aromatic rings. The summed E-state index contributed by atoms with van der Waals surface area (Å²) in [7, 11) is 3.38. The van der Waals surface area contributed by atoms with E-state index in [0.717, 1.165) is 11.5 Å². The maximum Gasteiger partial charge on any atom is 0.119 e. The van der Waals surface area contributed by atoms with E-state index in [4.69, 9.17) is 9.47 Å². The number of rotatable bonds is 3. The van der Waals surface area contributed by atoms with E-state index in [0.29, 0.717) is 0 Å². The molecule has 0 aliphatic carbocycles. The van der Waals surface area contributed by atoms with Gasteiger partial charge in [-0.05, 0) is 60.4 Å². The van der Waals surface area contributed by atoms with Crippen LogP contribution in [0.3, 0.4) is 0 Å². The van der Waals surface area contributed by atoms with E-state index >= 15 is 0 Å². The van der Waals surface area contributed by atoms with Crippen molar-refractivity contribution in [1.29, 1.82) is 0 Å². The highest BCUT2D eigenvalue weighted by Gasteiger charge is 2.07. The van der Waals surface area contributed by atoms with Gasteiger partial charge in [0.2, 0.25) is 0 Å². The highest BCUT2D eigenvalue weighted by molar-refractivity contribution is 5.71. The van der Waals surface area contributed by atoms with Crippen LogP contribution < -0.4 is 9.47 Å². The fraction of sp³-hybridized carbons (Fsp3) is 0.250. The van der Waals surface area contributed by atoms with Gasteiger partial charge in [0.15, 0.2) is 0 Å². The van der Waals surface area contributed by atoms with Crippen molar-refractivity contribution in [3.8, 4) is 22.6 Å². The summed E-state index contributed by atoms with van der Waals surface area (Å²) in [6.07, 6.45) is 0. The molecule has 0 aliphatic heterocycles. The Hall–Kier alpha value is -1.96. The molecule has 2 heteroatoms. The first-order valence-electron chi connectivity index (χ1n) is 5.95. The zero-order chi connectivity index (χ0) is 13.1. The van der Waals surface area contributed by atoms with E-state index in [2.05, 4.69) is 38.1 Å². The van der Waals surface area contributed by atoms with Crippen molar-refractivity contribution in [1.82, 2.24) is 0 Å². The second kappa shape index (κ2) is 5.13. The lowest BCUT2D eigenvalue weighted by molar-refractivity contribution is 0.414.